The molecule has 0 radical (unpaired) electrons. The molecule has 0 aliphatic heterocycles. The van der Waals surface area contributed by atoms with Crippen LogP contribution in [0.1, 0.15) is 80.8 Å². The van der Waals surface area contributed by atoms with E-state index in [0.29, 0.717) is 0 Å². The molecule has 0 spiro atoms. The summed E-state index contributed by atoms with van der Waals surface area (Å²) in [6.07, 6.45) is 10.7. The maximum absolute atomic E-state index is 4.83. The lowest BCUT2D eigenvalue weighted by Crippen LogP contribution is -2.41. The van der Waals surface area contributed by atoms with E-state index in [1.165, 1.54) is 66.9 Å². The molecular weight excluding hydrogens is 264 g/mol. The summed E-state index contributed by atoms with van der Waals surface area (Å²) >= 11 is 1.89. The Hall–Kier alpha value is -0.410. The summed E-state index contributed by atoms with van der Waals surface area (Å²) in [6, 6.07) is 0.736. The number of aromatic nitrogens is 1. The molecular formula is C17H30N2S. The normalized spacial score (nSPS) is 18.2. The summed E-state index contributed by atoms with van der Waals surface area (Å²) in [5.41, 5.74) is 1.30. The van der Waals surface area contributed by atoms with Gasteiger partial charge in [0.1, 0.15) is 5.01 Å². The molecule has 1 aromatic heterocycles. The van der Waals surface area contributed by atoms with Crippen LogP contribution in [0.15, 0.2) is 0 Å². The Balaban J connectivity index is 1.97. The van der Waals surface area contributed by atoms with Crippen molar-refractivity contribution in [3.63, 3.8) is 0 Å². The van der Waals surface area contributed by atoms with E-state index in [2.05, 4.69) is 33.0 Å². The minimum absolute atomic E-state index is 0.0943. The summed E-state index contributed by atoms with van der Waals surface area (Å²) in [5.74, 6) is 0. The van der Waals surface area contributed by atoms with Gasteiger partial charge in [0, 0.05) is 10.9 Å². The second kappa shape index (κ2) is 7.04. The Morgan fingerprint density at radius 1 is 1.20 bits per heavy atom. The van der Waals surface area contributed by atoms with E-state index in [1.807, 2.05) is 11.3 Å². The lowest BCUT2D eigenvalue weighted by molar-refractivity contribution is 0.320. The van der Waals surface area contributed by atoms with E-state index >= 15 is 0 Å². The highest BCUT2D eigenvalue weighted by Crippen LogP contribution is 2.35. The van der Waals surface area contributed by atoms with Gasteiger partial charge in [-0.2, -0.15) is 0 Å². The highest BCUT2D eigenvalue weighted by molar-refractivity contribution is 7.11. The molecule has 2 nitrogen and oxygen atoms in total. The Labute approximate surface area is 128 Å². The maximum Gasteiger partial charge on any atom is 0.113 e. The van der Waals surface area contributed by atoms with Crippen molar-refractivity contribution in [2.24, 2.45) is 0 Å². The molecule has 1 atom stereocenters. The van der Waals surface area contributed by atoms with Gasteiger partial charge in [-0.15, -0.1) is 11.3 Å². The highest BCUT2D eigenvalue weighted by atomic mass is 32.1. The zero-order valence-electron chi connectivity index (χ0n) is 13.6. The van der Waals surface area contributed by atoms with Crippen molar-refractivity contribution in [2.45, 2.75) is 90.6 Å². The van der Waals surface area contributed by atoms with Crippen LogP contribution >= 0.6 is 11.3 Å². The van der Waals surface area contributed by atoms with Gasteiger partial charge >= 0.3 is 0 Å². The molecule has 1 aliphatic carbocycles. The van der Waals surface area contributed by atoms with Crippen LogP contribution in [0.5, 0.6) is 0 Å². The quantitative estimate of drug-likeness (QED) is 0.642. The second-order valence-electron chi connectivity index (χ2n) is 6.58. The first-order valence-corrected chi connectivity index (χ1v) is 9.09. The van der Waals surface area contributed by atoms with Gasteiger partial charge in [0.05, 0.1) is 11.2 Å². The molecule has 1 heterocycles. The molecule has 1 unspecified atom stereocenters. The molecule has 0 bridgehead atoms. The number of nitrogens with zero attached hydrogens (tertiary/aromatic N) is 1. The van der Waals surface area contributed by atoms with E-state index in [4.69, 9.17) is 4.98 Å². The SMILES string of the molecule is CCCCCCCC(C)(NC1CC1)c1nc(C)c(C)s1. The van der Waals surface area contributed by atoms with Gasteiger partial charge in [-0.25, -0.2) is 4.98 Å². The fourth-order valence-corrected chi connectivity index (χ4v) is 3.76. The molecule has 1 fully saturated rings. The largest absolute Gasteiger partial charge is 0.303 e. The predicted molar refractivity (Wildman–Crippen MR) is 88.5 cm³/mol. The molecule has 0 amide bonds. The third-order valence-corrected chi connectivity index (χ3v) is 5.72. The molecule has 3 heteroatoms. The monoisotopic (exact) mass is 294 g/mol. The first-order valence-electron chi connectivity index (χ1n) is 8.27. The van der Waals surface area contributed by atoms with Gasteiger partial charge < -0.3 is 5.32 Å². The zero-order valence-corrected chi connectivity index (χ0v) is 14.4. The Bertz CT molecular complexity index is 403. The summed E-state index contributed by atoms with van der Waals surface area (Å²) in [7, 11) is 0. The molecule has 1 saturated carbocycles. The molecule has 0 saturated heterocycles. The van der Waals surface area contributed by atoms with Crippen molar-refractivity contribution in [1.82, 2.24) is 10.3 Å². The average molecular weight is 295 g/mol. The second-order valence-corrected chi connectivity index (χ2v) is 7.78. The van der Waals surface area contributed by atoms with Crippen LogP contribution in [0.4, 0.5) is 0 Å². The first kappa shape index (κ1) is 16.0. The van der Waals surface area contributed by atoms with Crippen LogP contribution in [-0.4, -0.2) is 11.0 Å². The molecule has 1 aromatic rings. The lowest BCUT2D eigenvalue weighted by atomic mass is 9.94. The van der Waals surface area contributed by atoms with Gasteiger partial charge in [0.25, 0.3) is 0 Å². The molecule has 0 aromatic carbocycles. The van der Waals surface area contributed by atoms with Crippen LogP contribution in [-0.2, 0) is 5.54 Å². The number of hydrogen-bond acceptors (Lipinski definition) is 3. The fourth-order valence-electron chi connectivity index (χ4n) is 2.71. The Kier molecular flexibility index (Phi) is 5.62. The van der Waals surface area contributed by atoms with E-state index in [9.17, 15) is 0 Å². The summed E-state index contributed by atoms with van der Waals surface area (Å²) < 4.78 is 0. The molecule has 114 valence electrons. The van der Waals surface area contributed by atoms with Gasteiger partial charge in [0.2, 0.25) is 0 Å². The topological polar surface area (TPSA) is 24.9 Å². The smallest absolute Gasteiger partial charge is 0.113 e. The van der Waals surface area contributed by atoms with Crippen LogP contribution in [0.2, 0.25) is 0 Å². The number of unbranched alkanes of at least 4 members (excludes halogenated alkanes) is 4. The summed E-state index contributed by atoms with van der Waals surface area (Å²) in [6.45, 7) is 8.96. The van der Waals surface area contributed by atoms with Gasteiger partial charge in [-0.05, 0) is 40.0 Å². The summed E-state index contributed by atoms with van der Waals surface area (Å²) in [5, 5.41) is 5.16. The van der Waals surface area contributed by atoms with Crippen molar-refractivity contribution < 1.29 is 0 Å². The van der Waals surface area contributed by atoms with Crippen molar-refractivity contribution in [3.05, 3.63) is 15.6 Å². The number of rotatable bonds is 9. The summed E-state index contributed by atoms with van der Waals surface area (Å²) in [4.78, 5) is 6.20. The molecule has 1 N–H and O–H groups in total. The number of hydrogen-bond donors (Lipinski definition) is 1. The Morgan fingerprint density at radius 3 is 2.45 bits per heavy atom. The van der Waals surface area contributed by atoms with E-state index in [1.54, 1.807) is 0 Å². The number of thiazole rings is 1. The minimum Gasteiger partial charge on any atom is -0.303 e. The predicted octanol–water partition coefficient (Wildman–Crippen LogP) is 5.09. The minimum atomic E-state index is 0.0943. The fraction of sp³-hybridized carbons (Fsp3) is 0.824. The van der Waals surface area contributed by atoms with Crippen molar-refractivity contribution >= 4 is 11.3 Å². The number of nitrogens with one attached hydrogen (secondary N) is 1. The van der Waals surface area contributed by atoms with E-state index < -0.39 is 0 Å². The highest BCUT2D eigenvalue weighted by Gasteiger charge is 2.35. The average Bonchev–Trinajstić information content (AvgIpc) is 3.14. The standard InChI is InChI=1S/C17H30N2S/c1-5-6-7-8-9-12-17(4,19-15-10-11-15)16-18-13(2)14(3)20-16/h15,19H,5-12H2,1-4H3. The van der Waals surface area contributed by atoms with Crippen LogP contribution < -0.4 is 5.32 Å². The van der Waals surface area contributed by atoms with Gasteiger partial charge in [-0.1, -0.05) is 39.0 Å². The first-order chi connectivity index (χ1) is 9.55. The van der Waals surface area contributed by atoms with Crippen LogP contribution in [0, 0.1) is 13.8 Å². The van der Waals surface area contributed by atoms with Crippen LogP contribution in [0.25, 0.3) is 0 Å². The van der Waals surface area contributed by atoms with Gasteiger partial charge in [0.15, 0.2) is 0 Å². The third-order valence-electron chi connectivity index (χ3n) is 4.38. The van der Waals surface area contributed by atoms with Crippen molar-refractivity contribution in [3.8, 4) is 0 Å². The molecule has 20 heavy (non-hydrogen) atoms. The van der Waals surface area contributed by atoms with Gasteiger partial charge in [-0.3, -0.25) is 0 Å². The van der Waals surface area contributed by atoms with Crippen molar-refractivity contribution in [2.75, 3.05) is 0 Å². The third kappa shape index (κ3) is 4.29. The molecule has 1 aliphatic rings. The lowest BCUT2D eigenvalue weighted by Gasteiger charge is -2.29. The van der Waals surface area contributed by atoms with E-state index in [-0.39, 0.29) is 5.54 Å². The van der Waals surface area contributed by atoms with Crippen LogP contribution in [0.3, 0.4) is 0 Å². The number of aryl methyl sites for hydroxylation is 2. The Morgan fingerprint density at radius 2 is 1.90 bits per heavy atom. The maximum atomic E-state index is 4.83. The molecule has 2 rings (SSSR count). The van der Waals surface area contributed by atoms with Crippen molar-refractivity contribution in [1.29, 1.82) is 0 Å². The zero-order chi connectivity index (χ0) is 14.6. The van der Waals surface area contributed by atoms with E-state index in [0.717, 1.165) is 6.04 Å².